The zero-order valence-corrected chi connectivity index (χ0v) is 7.59. The molecule has 0 saturated carbocycles. The molecule has 0 saturated heterocycles. The van der Waals surface area contributed by atoms with Crippen molar-refractivity contribution in [3.8, 4) is 0 Å². The minimum absolute atomic E-state index is 0.483. The lowest BCUT2D eigenvalue weighted by Crippen LogP contribution is -2.01. The lowest BCUT2D eigenvalue weighted by atomic mass is 10.0. The Morgan fingerprint density at radius 2 is 2.00 bits per heavy atom. The molecule has 1 heteroatoms. The Morgan fingerprint density at radius 1 is 1.45 bits per heavy atom. The molecule has 62 valence electrons. The Hall–Kier alpha value is -0.980. The molecule has 0 spiro atoms. The summed E-state index contributed by atoms with van der Waals surface area (Å²) in [5.41, 5.74) is 7.74. The molecule has 1 nitrogen and oxygen atoms in total. The van der Waals surface area contributed by atoms with Crippen LogP contribution in [0.5, 0.6) is 0 Å². The molecule has 0 aromatic rings. The topological polar surface area (TPSA) is 26.0 Å². The SMILES string of the molecule is C=C/C=C\C(=C(\C)N)C(C)C. The van der Waals surface area contributed by atoms with Gasteiger partial charge in [0, 0.05) is 5.70 Å². The Balaban J connectivity index is 4.50. The molecule has 0 unspecified atom stereocenters. The van der Waals surface area contributed by atoms with E-state index in [1.807, 2.05) is 19.1 Å². The first-order valence-electron chi connectivity index (χ1n) is 3.85. The average molecular weight is 151 g/mol. The molecular weight excluding hydrogens is 134 g/mol. The summed E-state index contributed by atoms with van der Waals surface area (Å²) in [6, 6.07) is 0. The van der Waals surface area contributed by atoms with Crippen LogP contribution in [0.25, 0.3) is 0 Å². The van der Waals surface area contributed by atoms with Gasteiger partial charge in [0.1, 0.15) is 0 Å². The van der Waals surface area contributed by atoms with E-state index in [0.717, 1.165) is 5.70 Å². The first-order valence-corrected chi connectivity index (χ1v) is 3.85. The second-order valence-electron chi connectivity index (χ2n) is 2.89. The summed E-state index contributed by atoms with van der Waals surface area (Å²) in [4.78, 5) is 0. The largest absolute Gasteiger partial charge is 0.402 e. The summed E-state index contributed by atoms with van der Waals surface area (Å²) < 4.78 is 0. The fourth-order valence-corrected chi connectivity index (χ4v) is 0.951. The Morgan fingerprint density at radius 3 is 2.27 bits per heavy atom. The zero-order chi connectivity index (χ0) is 8.85. The standard InChI is InChI=1S/C10H17N/c1-5-6-7-10(8(2)3)9(4)11/h5-8H,1,11H2,2-4H3/b7-6-,10-9+. The van der Waals surface area contributed by atoms with E-state index in [0.29, 0.717) is 5.92 Å². The predicted octanol–water partition coefficient (Wildman–Crippen LogP) is 2.62. The molecule has 0 aromatic carbocycles. The van der Waals surface area contributed by atoms with Gasteiger partial charge in [-0.15, -0.1) is 0 Å². The van der Waals surface area contributed by atoms with Crippen molar-refractivity contribution in [1.29, 1.82) is 0 Å². The van der Waals surface area contributed by atoms with E-state index in [-0.39, 0.29) is 0 Å². The summed E-state index contributed by atoms with van der Waals surface area (Å²) >= 11 is 0. The molecule has 0 aliphatic carbocycles. The Labute approximate surface area is 69.3 Å². The maximum absolute atomic E-state index is 5.67. The summed E-state index contributed by atoms with van der Waals surface area (Å²) in [5, 5.41) is 0. The second kappa shape index (κ2) is 4.78. The smallest absolute Gasteiger partial charge is 0.00840 e. The fourth-order valence-electron chi connectivity index (χ4n) is 0.951. The van der Waals surface area contributed by atoms with Crippen LogP contribution >= 0.6 is 0 Å². The van der Waals surface area contributed by atoms with E-state index < -0.39 is 0 Å². The van der Waals surface area contributed by atoms with E-state index in [4.69, 9.17) is 5.73 Å². The van der Waals surface area contributed by atoms with Crippen LogP contribution in [-0.4, -0.2) is 0 Å². The molecule has 2 N–H and O–H groups in total. The maximum Gasteiger partial charge on any atom is 0.00840 e. The predicted molar refractivity (Wildman–Crippen MR) is 51.1 cm³/mol. The van der Waals surface area contributed by atoms with Gasteiger partial charge in [0.15, 0.2) is 0 Å². The van der Waals surface area contributed by atoms with Crippen LogP contribution in [0, 0.1) is 5.92 Å². The molecular formula is C10H17N. The van der Waals surface area contributed by atoms with Crippen molar-refractivity contribution in [2.24, 2.45) is 11.7 Å². The monoisotopic (exact) mass is 151 g/mol. The average Bonchev–Trinajstić information content (AvgIpc) is 1.87. The molecule has 0 atom stereocenters. The third kappa shape index (κ3) is 3.66. The number of allylic oxidation sites excluding steroid dienone is 5. The molecule has 11 heavy (non-hydrogen) atoms. The van der Waals surface area contributed by atoms with Gasteiger partial charge in [0.2, 0.25) is 0 Å². The van der Waals surface area contributed by atoms with Gasteiger partial charge in [-0.25, -0.2) is 0 Å². The molecule has 0 amide bonds. The molecule has 0 fully saturated rings. The van der Waals surface area contributed by atoms with Gasteiger partial charge in [-0.05, 0) is 18.4 Å². The third-order valence-electron chi connectivity index (χ3n) is 1.49. The van der Waals surface area contributed by atoms with E-state index in [2.05, 4.69) is 20.4 Å². The minimum atomic E-state index is 0.483. The summed E-state index contributed by atoms with van der Waals surface area (Å²) in [5.74, 6) is 0.483. The number of rotatable bonds is 3. The number of nitrogens with two attached hydrogens (primary N) is 1. The minimum Gasteiger partial charge on any atom is -0.402 e. The van der Waals surface area contributed by atoms with Crippen molar-refractivity contribution in [2.75, 3.05) is 0 Å². The molecule has 0 heterocycles. The first-order chi connectivity index (χ1) is 5.09. The fraction of sp³-hybridized carbons (Fsp3) is 0.400. The molecule has 0 aromatic heterocycles. The second-order valence-corrected chi connectivity index (χ2v) is 2.89. The number of hydrogen-bond donors (Lipinski definition) is 1. The van der Waals surface area contributed by atoms with Crippen LogP contribution < -0.4 is 5.73 Å². The van der Waals surface area contributed by atoms with Crippen molar-refractivity contribution < 1.29 is 0 Å². The van der Waals surface area contributed by atoms with E-state index in [1.54, 1.807) is 6.08 Å². The van der Waals surface area contributed by atoms with E-state index >= 15 is 0 Å². The third-order valence-corrected chi connectivity index (χ3v) is 1.49. The lowest BCUT2D eigenvalue weighted by molar-refractivity contribution is 0.777. The molecule has 0 aliphatic heterocycles. The van der Waals surface area contributed by atoms with E-state index in [1.165, 1.54) is 5.57 Å². The lowest BCUT2D eigenvalue weighted by Gasteiger charge is -2.07. The summed E-state index contributed by atoms with van der Waals surface area (Å²) in [6.07, 6.45) is 5.67. The quantitative estimate of drug-likeness (QED) is 0.616. The van der Waals surface area contributed by atoms with Gasteiger partial charge in [-0.1, -0.05) is 38.7 Å². The van der Waals surface area contributed by atoms with Crippen molar-refractivity contribution in [1.82, 2.24) is 0 Å². The van der Waals surface area contributed by atoms with Gasteiger partial charge >= 0.3 is 0 Å². The highest BCUT2D eigenvalue weighted by Gasteiger charge is 2.00. The van der Waals surface area contributed by atoms with Gasteiger partial charge < -0.3 is 5.73 Å². The van der Waals surface area contributed by atoms with Crippen molar-refractivity contribution in [2.45, 2.75) is 20.8 Å². The molecule has 0 aliphatic rings. The van der Waals surface area contributed by atoms with Gasteiger partial charge in [0.05, 0.1) is 0 Å². The summed E-state index contributed by atoms with van der Waals surface area (Å²) in [6.45, 7) is 9.77. The summed E-state index contributed by atoms with van der Waals surface area (Å²) in [7, 11) is 0. The molecule has 0 rings (SSSR count). The highest BCUT2D eigenvalue weighted by Crippen LogP contribution is 2.12. The molecule has 0 bridgehead atoms. The van der Waals surface area contributed by atoms with Crippen LogP contribution in [0.4, 0.5) is 0 Å². The highest BCUT2D eigenvalue weighted by molar-refractivity contribution is 5.26. The maximum atomic E-state index is 5.67. The number of hydrogen-bond acceptors (Lipinski definition) is 1. The van der Waals surface area contributed by atoms with Gasteiger partial charge in [0.25, 0.3) is 0 Å². The van der Waals surface area contributed by atoms with Crippen LogP contribution in [0.3, 0.4) is 0 Å². The van der Waals surface area contributed by atoms with Crippen molar-refractivity contribution >= 4 is 0 Å². The van der Waals surface area contributed by atoms with Crippen LogP contribution in [0.2, 0.25) is 0 Å². The Kier molecular flexibility index (Phi) is 4.35. The first kappa shape index (κ1) is 10.0. The van der Waals surface area contributed by atoms with Crippen LogP contribution in [0.1, 0.15) is 20.8 Å². The van der Waals surface area contributed by atoms with E-state index in [9.17, 15) is 0 Å². The van der Waals surface area contributed by atoms with Crippen LogP contribution in [0.15, 0.2) is 36.1 Å². The normalized spacial score (nSPS) is 13.8. The van der Waals surface area contributed by atoms with Gasteiger partial charge in [-0.3, -0.25) is 0 Å². The molecule has 0 radical (unpaired) electrons. The highest BCUT2D eigenvalue weighted by atomic mass is 14.6. The van der Waals surface area contributed by atoms with Crippen molar-refractivity contribution in [3.05, 3.63) is 36.1 Å². The van der Waals surface area contributed by atoms with Crippen molar-refractivity contribution in [3.63, 3.8) is 0 Å². The zero-order valence-electron chi connectivity index (χ0n) is 7.59. The van der Waals surface area contributed by atoms with Gasteiger partial charge in [-0.2, -0.15) is 0 Å². The van der Waals surface area contributed by atoms with Crippen LogP contribution in [-0.2, 0) is 0 Å². The Bertz CT molecular complexity index is 181.